The van der Waals surface area contributed by atoms with Gasteiger partial charge in [0, 0.05) is 12.1 Å². The Morgan fingerprint density at radius 2 is 1.46 bits per heavy atom. The van der Waals surface area contributed by atoms with Crippen molar-refractivity contribution in [2.75, 3.05) is 6.61 Å². The monoisotopic (exact) mass is 578 g/mol. The highest BCUT2D eigenvalue weighted by Crippen LogP contribution is 2.42. The number of hydrogen-bond donors (Lipinski definition) is 8. The van der Waals surface area contributed by atoms with Gasteiger partial charge in [0.1, 0.15) is 71.3 Å². The van der Waals surface area contributed by atoms with Crippen molar-refractivity contribution >= 4 is 11.9 Å². The molecule has 5 rings (SSSR count). The van der Waals surface area contributed by atoms with E-state index in [1.54, 1.807) is 12.1 Å². The number of hydrogen-bond acceptors (Lipinski definition) is 14. The molecule has 8 N–H and O–H groups in total. The van der Waals surface area contributed by atoms with Gasteiger partial charge in [0.15, 0.2) is 12.0 Å². The molecule has 0 amide bonds. The number of aromatic hydroxyl groups is 2. The Balaban J connectivity index is 1.33. The molecule has 0 unspecified atom stereocenters. The number of benzene rings is 2. The summed E-state index contributed by atoms with van der Waals surface area (Å²) in [5.41, 5.74) is 0.442. The van der Waals surface area contributed by atoms with Crippen LogP contribution in [-0.2, 0) is 14.2 Å². The number of rotatable bonds is 6. The van der Waals surface area contributed by atoms with Crippen LogP contribution in [-0.4, -0.2) is 115 Å². The average Bonchev–Trinajstić information content (AvgIpc) is 3.25. The fraction of sp³-hybridized carbons (Fsp3) is 0.444. The van der Waals surface area contributed by atoms with Crippen molar-refractivity contribution in [2.45, 2.75) is 68.3 Å². The number of fused-ring (bicyclic) bond motifs is 1. The predicted octanol–water partition coefficient (Wildman–Crippen LogP) is -1.26. The van der Waals surface area contributed by atoms with Crippen molar-refractivity contribution in [3.8, 4) is 23.0 Å². The lowest BCUT2D eigenvalue weighted by Gasteiger charge is -2.42. The molecule has 3 aliphatic heterocycles. The number of Topliss-reactive ketones (excluding diaryl/α,β-unsaturated/α-hetero) is 1. The van der Waals surface area contributed by atoms with E-state index in [0.717, 1.165) is 6.07 Å². The lowest BCUT2D eigenvalue weighted by atomic mass is 9.98. The molecule has 2 fully saturated rings. The van der Waals surface area contributed by atoms with Crippen molar-refractivity contribution in [3.05, 3.63) is 53.3 Å². The van der Waals surface area contributed by atoms with Crippen molar-refractivity contribution in [2.24, 2.45) is 0 Å². The Labute approximate surface area is 232 Å². The van der Waals surface area contributed by atoms with Gasteiger partial charge in [0.05, 0.1) is 12.7 Å². The maximum Gasteiger partial charge on any atom is 0.235 e. The number of aliphatic hydroxyl groups is 6. The summed E-state index contributed by atoms with van der Waals surface area (Å²) in [7, 11) is 0. The van der Waals surface area contributed by atoms with E-state index in [-0.39, 0.29) is 34.3 Å². The van der Waals surface area contributed by atoms with E-state index >= 15 is 0 Å². The largest absolute Gasteiger partial charge is 0.508 e. The van der Waals surface area contributed by atoms with Crippen LogP contribution in [0.5, 0.6) is 23.0 Å². The predicted molar refractivity (Wildman–Crippen MR) is 135 cm³/mol. The lowest BCUT2D eigenvalue weighted by Crippen LogP contribution is -2.61. The van der Waals surface area contributed by atoms with Crippen LogP contribution in [0.25, 0.3) is 6.08 Å². The summed E-state index contributed by atoms with van der Waals surface area (Å²) in [6.07, 6.45) is -13.7. The van der Waals surface area contributed by atoms with Crippen molar-refractivity contribution in [3.63, 3.8) is 0 Å². The van der Waals surface area contributed by atoms with Crippen LogP contribution in [0.3, 0.4) is 0 Å². The zero-order chi connectivity index (χ0) is 29.6. The summed E-state index contributed by atoms with van der Waals surface area (Å²) < 4.78 is 27.8. The Morgan fingerprint density at radius 1 is 0.805 bits per heavy atom. The molecule has 0 aromatic heterocycles. The minimum atomic E-state index is -1.81. The number of allylic oxidation sites excluding steroid dienone is 1. The van der Waals surface area contributed by atoms with Crippen LogP contribution in [0.4, 0.5) is 0 Å². The van der Waals surface area contributed by atoms with E-state index in [1.807, 2.05) is 0 Å². The molecule has 10 atom stereocenters. The zero-order valence-corrected chi connectivity index (χ0v) is 21.5. The second kappa shape index (κ2) is 11.5. The summed E-state index contributed by atoms with van der Waals surface area (Å²) in [6.45, 7) is 0.942. The molecule has 222 valence electrons. The van der Waals surface area contributed by atoms with Crippen LogP contribution in [0.2, 0.25) is 0 Å². The van der Waals surface area contributed by atoms with E-state index in [1.165, 1.54) is 31.2 Å². The second-order valence-electron chi connectivity index (χ2n) is 10.00. The van der Waals surface area contributed by atoms with Crippen LogP contribution < -0.4 is 9.47 Å². The fourth-order valence-electron chi connectivity index (χ4n) is 4.70. The molecule has 41 heavy (non-hydrogen) atoms. The molecule has 2 saturated heterocycles. The molecule has 0 aliphatic carbocycles. The van der Waals surface area contributed by atoms with Gasteiger partial charge in [-0.15, -0.1) is 0 Å². The standard InChI is InChI=1S/C27H30O14/c1-10-19(30)22(33)24(35)26(38-10)37-9-17-21(32)23(34)25(36)27(41-17)40-15-8-13(29)7-14-18(15)20(31)16(39-14)6-11-2-4-12(28)5-3-11/h2-8,10,17,19,21-30,32-36H,9H2,1H3/t10-,17-,19-,21-,22+,23+,24-,25-,26-,27-/m0/s1. The number of phenolic OH excluding ortho intramolecular Hbond substituents is 2. The topological polar surface area (TPSA) is 225 Å². The Bertz CT molecular complexity index is 1300. The quantitative estimate of drug-likeness (QED) is 0.187. The van der Waals surface area contributed by atoms with Crippen LogP contribution in [0, 0.1) is 0 Å². The minimum Gasteiger partial charge on any atom is -0.508 e. The fourth-order valence-corrected chi connectivity index (χ4v) is 4.70. The first-order valence-corrected chi connectivity index (χ1v) is 12.7. The van der Waals surface area contributed by atoms with Crippen molar-refractivity contribution < 1.29 is 69.3 Å². The van der Waals surface area contributed by atoms with Crippen LogP contribution >= 0.6 is 0 Å². The molecule has 0 radical (unpaired) electrons. The minimum absolute atomic E-state index is 0.0326. The van der Waals surface area contributed by atoms with Gasteiger partial charge in [-0.3, -0.25) is 4.79 Å². The molecule has 14 heteroatoms. The molecule has 2 aromatic carbocycles. The zero-order valence-electron chi connectivity index (χ0n) is 21.5. The molecule has 0 bridgehead atoms. The average molecular weight is 579 g/mol. The van der Waals surface area contributed by atoms with E-state index < -0.39 is 73.8 Å². The summed E-state index contributed by atoms with van der Waals surface area (Å²) in [5, 5.41) is 81.2. The smallest absolute Gasteiger partial charge is 0.235 e. The number of ether oxygens (including phenoxy) is 5. The van der Waals surface area contributed by atoms with Gasteiger partial charge in [-0.2, -0.15) is 0 Å². The van der Waals surface area contributed by atoms with Crippen LogP contribution in [0.1, 0.15) is 22.8 Å². The first-order valence-electron chi connectivity index (χ1n) is 12.7. The first-order chi connectivity index (χ1) is 19.4. The lowest BCUT2D eigenvalue weighted by molar-refractivity contribution is -0.318. The van der Waals surface area contributed by atoms with Gasteiger partial charge < -0.3 is 64.5 Å². The first kappa shape index (κ1) is 29.2. The van der Waals surface area contributed by atoms with E-state index in [0.29, 0.717) is 5.56 Å². The molecular formula is C27H30O14. The number of phenols is 2. The molecule has 3 aliphatic rings. The van der Waals surface area contributed by atoms with Crippen molar-refractivity contribution in [1.29, 1.82) is 0 Å². The highest BCUT2D eigenvalue weighted by atomic mass is 16.7. The maximum absolute atomic E-state index is 13.2. The summed E-state index contributed by atoms with van der Waals surface area (Å²) in [6, 6.07) is 8.23. The van der Waals surface area contributed by atoms with Crippen LogP contribution in [0.15, 0.2) is 42.2 Å². The SMILES string of the molecule is C[C@@H]1O[C@H](OC[C@@H]2O[C@H](Oc3cc(O)cc4c3C(=O)C(=Cc3ccc(O)cc3)O4)[C@@H](O)[C@H](O)[C@H]2O)[C@@H](O)[C@H](O)[C@H]1O. The highest BCUT2D eigenvalue weighted by molar-refractivity contribution is 6.16. The summed E-state index contributed by atoms with van der Waals surface area (Å²) in [4.78, 5) is 13.2. The number of aliphatic hydroxyl groups excluding tert-OH is 6. The normalized spacial score (nSPS) is 36.2. The molecule has 3 heterocycles. The Morgan fingerprint density at radius 3 is 2.17 bits per heavy atom. The van der Waals surface area contributed by atoms with Gasteiger partial charge in [-0.1, -0.05) is 12.1 Å². The number of carbonyl (C=O) groups is 1. The Kier molecular flexibility index (Phi) is 8.20. The third kappa shape index (κ3) is 5.74. The van der Waals surface area contributed by atoms with Gasteiger partial charge in [0.25, 0.3) is 0 Å². The maximum atomic E-state index is 13.2. The number of carbonyl (C=O) groups excluding carboxylic acids is 1. The molecule has 14 nitrogen and oxygen atoms in total. The number of ketones is 1. The highest BCUT2D eigenvalue weighted by Gasteiger charge is 2.48. The van der Waals surface area contributed by atoms with Gasteiger partial charge in [-0.05, 0) is 30.7 Å². The molecule has 0 spiro atoms. The third-order valence-electron chi connectivity index (χ3n) is 7.06. The van der Waals surface area contributed by atoms with Gasteiger partial charge in [-0.25, -0.2) is 0 Å². The summed E-state index contributed by atoms with van der Waals surface area (Å²) in [5.74, 6) is -1.33. The summed E-state index contributed by atoms with van der Waals surface area (Å²) >= 11 is 0. The van der Waals surface area contributed by atoms with Gasteiger partial charge >= 0.3 is 0 Å². The van der Waals surface area contributed by atoms with E-state index in [9.17, 15) is 45.6 Å². The second-order valence-corrected chi connectivity index (χ2v) is 10.00. The molecule has 0 saturated carbocycles. The third-order valence-corrected chi connectivity index (χ3v) is 7.06. The van der Waals surface area contributed by atoms with E-state index in [4.69, 9.17) is 23.7 Å². The Hall–Kier alpha value is -3.31. The van der Waals surface area contributed by atoms with Gasteiger partial charge in [0.2, 0.25) is 12.1 Å². The van der Waals surface area contributed by atoms with Crippen molar-refractivity contribution in [1.82, 2.24) is 0 Å². The molecular weight excluding hydrogens is 548 g/mol. The van der Waals surface area contributed by atoms with E-state index in [2.05, 4.69) is 0 Å². The molecule has 2 aromatic rings.